The van der Waals surface area contributed by atoms with Crippen molar-refractivity contribution in [2.75, 3.05) is 0 Å². The summed E-state index contributed by atoms with van der Waals surface area (Å²) < 4.78 is 0. The zero-order valence-corrected chi connectivity index (χ0v) is 11.3. The molecule has 90 valence electrons. The van der Waals surface area contributed by atoms with Gasteiger partial charge in [0.05, 0.1) is 5.01 Å². The first-order chi connectivity index (χ1) is 7.65. The van der Waals surface area contributed by atoms with Crippen molar-refractivity contribution >= 4 is 11.3 Å². The second kappa shape index (κ2) is 5.28. The van der Waals surface area contributed by atoms with Crippen LogP contribution < -0.4 is 5.32 Å². The number of nitrogens with zero attached hydrogens (tertiary/aromatic N) is 1. The second-order valence-electron chi connectivity index (χ2n) is 5.32. The molecule has 0 aliphatic heterocycles. The fourth-order valence-electron chi connectivity index (χ4n) is 2.33. The van der Waals surface area contributed by atoms with Crippen molar-refractivity contribution in [3.8, 4) is 0 Å². The Morgan fingerprint density at radius 1 is 1.50 bits per heavy atom. The molecular formula is C13H22N2S. The van der Waals surface area contributed by atoms with Gasteiger partial charge in [0.1, 0.15) is 0 Å². The minimum absolute atomic E-state index is 0.553. The summed E-state index contributed by atoms with van der Waals surface area (Å²) in [6, 6.07) is 0.553. The summed E-state index contributed by atoms with van der Waals surface area (Å²) in [4.78, 5) is 5.97. The first-order valence-electron chi connectivity index (χ1n) is 6.33. The predicted octanol–water partition coefficient (Wildman–Crippen LogP) is 3.54. The van der Waals surface area contributed by atoms with Crippen LogP contribution in [0.15, 0.2) is 6.20 Å². The van der Waals surface area contributed by atoms with Crippen LogP contribution in [0.3, 0.4) is 0 Å². The lowest BCUT2D eigenvalue weighted by Gasteiger charge is -2.06. The van der Waals surface area contributed by atoms with Crippen molar-refractivity contribution in [2.45, 2.75) is 58.5 Å². The summed E-state index contributed by atoms with van der Waals surface area (Å²) in [6.45, 7) is 7.69. The third-order valence-electron chi connectivity index (χ3n) is 3.30. The molecule has 1 fully saturated rings. The highest BCUT2D eigenvalue weighted by molar-refractivity contribution is 7.11. The molecule has 1 aliphatic carbocycles. The zero-order valence-electron chi connectivity index (χ0n) is 10.5. The lowest BCUT2D eigenvalue weighted by molar-refractivity contribution is 0.592. The SMILES string of the molecule is CC1CCC(c2ncc(CNC(C)C)s2)C1. The normalized spacial score (nSPS) is 25.5. The number of aromatic nitrogens is 1. The first-order valence-corrected chi connectivity index (χ1v) is 7.14. The maximum atomic E-state index is 4.59. The molecule has 0 amide bonds. The lowest BCUT2D eigenvalue weighted by Crippen LogP contribution is -2.21. The van der Waals surface area contributed by atoms with Gasteiger partial charge in [0.15, 0.2) is 0 Å². The monoisotopic (exact) mass is 238 g/mol. The molecule has 0 bridgehead atoms. The van der Waals surface area contributed by atoms with Gasteiger partial charge in [0.2, 0.25) is 0 Å². The molecule has 2 unspecified atom stereocenters. The van der Waals surface area contributed by atoms with Gasteiger partial charge in [0.25, 0.3) is 0 Å². The summed E-state index contributed by atoms with van der Waals surface area (Å²) in [5.74, 6) is 1.64. The third kappa shape index (κ3) is 3.05. The Bertz CT molecular complexity index is 332. The molecule has 0 aromatic carbocycles. The third-order valence-corrected chi connectivity index (χ3v) is 4.46. The van der Waals surface area contributed by atoms with Crippen LogP contribution in [0, 0.1) is 5.92 Å². The van der Waals surface area contributed by atoms with Crippen LogP contribution in [0.1, 0.15) is 55.8 Å². The smallest absolute Gasteiger partial charge is 0.0959 e. The number of hydrogen-bond acceptors (Lipinski definition) is 3. The van der Waals surface area contributed by atoms with E-state index < -0.39 is 0 Å². The van der Waals surface area contributed by atoms with E-state index in [1.807, 2.05) is 11.3 Å². The van der Waals surface area contributed by atoms with Crippen molar-refractivity contribution in [2.24, 2.45) is 5.92 Å². The summed E-state index contributed by atoms with van der Waals surface area (Å²) in [7, 11) is 0. The average Bonchev–Trinajstić information content (AvgIpc) is 2.83. The van der Waals surface area contributed by atoms with Crippen molar-refractivity contribution in [3.05, 3.63) is 16.1 Å². The Balaban J connectivity index is 1.91. The van der Waals surface area contributed by atoms with E-state index in [9.17, 15) is 0 Å². The van der Waals surface area contributed by atoms with E-state index in [4.69, 9.17) is 0 Å². The fourth-order valence-corrected chi connectivity index (χ4v) is 3.34. The maximum Gasteiger partial charge on any atom is 0.0959 e. The van der Waals surface area contributed by atoms with Crippen LogP contribution in [-0.4, -0.2) is 11.0 Å². The zero-order chi connectivity index (χ0) is 11.5. The predicted molar refractivity (Wildman–Crippen MR) is 69.8 cm³/mol. The van der Waals surface area contributed by atoms with Crippen LogP contribution >= 0.6 is 11.3 Å². The van der Waals surface area contributed by atoms with Crippen molar-refractivity contribution in [1.29, 1.82) is 0 Å². The van der Waals surface area contributed by atoms with Crippen molar-refractivity contribution < 1.29 is 0 Å². The highest BCUT2D eigenvalue weighted by Gasteiger charge is 2.24. The summed E-state index contributed by atoms with van der Waals surface area (Å²) in [5, 5.41) is 4.81. The van der Waals surface area contributed by atoms with Crippen LogP contribution in [0.2, 0.25) is 0 Å². The van der Waals surface area contributed by atoms with E-state index in [2.05, 4.69) is 37.3 Å². The Kier molecular flexibility index (Phi) is 3.98. The molecule has 3 heteroatoms. The molecule has 1 aromatic rings. The van der Waals surface area contributed by atoms with Gasteiger partial charge in [-0.15, -0.1) is 11.3 Å². The van der Waals surface area contributed by atoms with Gasteiger partial charge in [-0.25, -0.2) is 4.98 Å². The highest BCUT2D eigenvalue weighted by Crippen LogP contribution is 2.39. The van der Waals surface area contributed by atoms with Crippen molar-refractivity contribution in [3.63, 3.8) is 0 Å². The minimum Gasteiger partial charge on any atom is -0.310 e. The van der Waals surface area contributed by atoms with E-state index in [-0.39, 0.29) is 0 Å². The van der Waals surface area contributed by atoms with Crippen LogP contribution in [0.25, 0.3) is 0 Å². The number of hydrogen-bond donors (Lipinski definition) is 1. The molecule has 1 aromatic heterocycles. The molecule has 16 heavy (non-hydrogen) atoms. The van der Waals surface area contributed by atoms with E-state index in [1.54, 1.807) is 0 Å². The van der Waals surface area contributed by atoms with E-state index in [0.29, 0.717) is 6.04 Å². The van der Waals surface area contributed by atoms with Crippen LogP contribution in [-0.2, 0) is 6.54 Å². The lowest BCUT2D eigenvalue weighted by atomic mass is 10.1. The van der Waals surface area contributed by atoms with Gasteiger partial charge in [-0.05, 0) is 18.8 Å². The minimum atomic E-state index is 0.553. The Morgan fingerprint density at radius 2 is 2.31 bits per heavy atom. The number of rotatable bonds is 4. The molecule has 2 rings (SSSR count). The van der Waals surface area contributed by atoms with Crippen LogP contribution in [0.5, 0.6) is 0 Å². The summed E-state index contributed by atoms with van der Waals surface area (Å²) >= 11 is 1.90. The van der Waals surface area contributed by atoms with Gasteiger partial charge in [-0.3, -0.25) is 0 Å². The van der Waals surface area contributed by atoms with E-state index in [1.165, 1.54) is 29.1 Å². The quantitative estimate of drug-likeness (QED) is 0.868. The maximum absolute atomic E-state index is 4.59. The van der Waals surface area contributed by atoms with Gasteiger partial charge in [0, 0.05) is 29.6 Å². The summed E-state index contributed by atoms with van der Waals surface area (Å²) in [6.07, 6.45) is 6.11. The average molecular weight is 238 g/mol. The molecular weight excluding hydrogens is 216 g/mol. The largest absolute Gasteiger partial charge is 0.310 e. The molecule has 2 nitrogen and oxygen atoms in total. The fraction of sp³-hybridized carbons (Fsp3) is 0.769. The van der Waals surface area contributed by atoms with Crippen molar-refractivity contribution in [1.82, 2.24) is 10.3 Å². The molecule has 1 heterocycles. The summed E-state index contributed by atoms with van der Waals surface area (Å²) in [5.41, 5.74) is 0. The molecule has 1 N–H and O–H groups in total. The first kappa shape index (κ1) is 12.1. The topological polar surface area (TPSA) is 24.9 Å². The standard InChI is InChI=1S/C13H22N2S/c1-9(2)14-7-12-8-15-13(16-12)11-5-4-10(3)6-11/h8-11,14H,4-7H2,1-3H3. The molecule has 0 spiro atoms. The van der Waals surface area contributed by atoms with Gasteiger partial charge >= 0.3 is 0 Å². The Morgan fingerprint density at radius 3 is 2.94 bits per heavy atom. The molecule has 2 atom stereocenters. The van der Waals surface area contributed by atoms with Gasteiger partial charge < -0.3 is 5.32 Å². The Labute approximate surface area is 102 Å². The Hall–Kier alpha value is -0.410. The van der Waals surface area contributed by atoms with E-state index >= 15 is 0 Å². The number of nitrogens with one attached hydrogen (secondary N) is 1. The van der Waals surface area contributed by atoms with Gasteiger partial charge in [-0.1, -0.05) is 27.2 Å². The van der Waals surface area contributed by atoms with Gasteiger partial charge in [-0.2, -0.15) is 0 Å². The highest BCUT2D eigenvalue weighted by atomic mass is 32.1. The molecule has 1 saturated carbocycles. The van der Waals surface area contributed by atoms with E-state index in [0.717, 1.165) is 18.4 Å². The molecule has 1 aliphatic rings. The molecule has 0 saturated heterocycles. The van der Waals surface area contributed by atoms with Crippen LogP contribution in [0.4, 0.5) is 0 Å². The number of thiazole rings is 1. The second-order valence-corrected chi connectivity index (χ2v) is 6.46. The molecule has 0 radical (unpaired) electrons.